The minimum Gasteiger partial charge on any atom is -0.486 e. The van der Waals surface area contributed by atoms with Gasteiger partial charge in [0.15, 0.2) is 11.5 Å². The quantitative estimate of drug-likeness (QED) is 0.677. The van der Waals surface area contributed by atoms with Crippen LogP contribution >= 0.6 is 0 Å². The fraction of sp³-hybridized carbons (Fsp3) is 0.520. The van der Waals surface area contributed by atoms with E-state index in [-0.39, 0.29) is 11.8 Å². The van der Waals surface area contributed by atoms with Gasteiger partial charge in [-0.3, -0.25) is 14.5 Å². The number of carbonyl (C=O) groups excluding carboxylic acids is 2. The van der Waals surface area contributed by atoms with Gasteiger partial charge in [-0.2, -0.15) is 0 Å². The Morgan fingerprint density at radius 1 is 0.824 bits per heavy atom. The highest BCUT2D eigenvalue weighted by molar-refractivity contribution is 5.96. The first kappa shape index (κ1) is 22.7. The number of benzene rings is 1. The highest BCUT2D eigenvalue weighted by Crippen LogP contribution is 2.33. The monoisotopic (exact) mass is 468 g/mol. The minimum absolute atomic E-state index is 0.0113. The molecule has 1 aromatic carbocycles. The molecule has 9 heteroatoms. The van der Waals surface area contributed by atoms with Crippen molar-refractivity contribution in [3.63, 3.8) is 0 Å². The second kappa shape index (κ2) is 9.68. The van der Waals surface area contributed by atoms with Gasteiger partial charge in [0.1, 0.15) is 13.2 Å². The lowest BCUT2D eigenvalue weighted by Gasteiger charge is -2.36. The van der Waals surface area contributed by atoms with Gasteiger partial charge < -0.3 is 28.6 Å². The molecule has 0 bridgehead atoms. The Kier molecular flexibility index (Phi) is 6.47. The van der Waals surface area contributed by atoms with Crippen LogP contribution in [-0.2, 0) is 9.53 Å². The van der Waals surface area contributed by atoms with Gasteiger partial charge in [0, 0.05) is 62.4 Å². The number of aromatic nitrogens is 1. The summed E-state index contributed by atoms with van der Waals surface area (Å²) in [5.74, 6) is 1.61. The zero-order valence-electron chi connectivity index (χ0n) is 19.9. The molecule has 9 nitrogen and oxygen atoms in total. The lowest BCUT2D eigenvalue weighted by atomic mass is 10.2. The van der Waals surface area contributed by atoms with Crippen LogP contribution in [0.15, 0.2) is 24.3 Å². The maximum absolute atomic E-state index is 13.4. The van der Waals surface area contributed by atoms with Crippen LogP contribution in [0.4, 0.5) is 0 Å². The number of ether oxygens (including phenoxy) is 3. The van der Waals surface area contributed by atoms with Crippen molar-refractivity contribution in [3.05, 3.63) is 41.2 Å². The van der Waals surface area contributed by atoms with Gasteiger partial charge in [-0.25, -0.2) is 0 Å². The molecule has 2 amide bonds. The van der Waals surface area contributed by atoms with Crippen molar-refractivity contribution >= 4 is 11.8 Å². The van der Waals surface area contributed by atoms with E-state index in [2.05, 4.69) is 9.47 Å². The number of amides is 2. The van der Waals surface area contributed by atoms with Crippen LogP contribution in [0.25, 0.3) is 5.69 Å². The second-order valence-electron chi connectivity index (χ2n) is 9.01. The lowest BCUT2D eigenvalue weighted by molar-refractivity contribution is -0.134. The Labute approximate surface area is 199 Å². The Bertz CT molecular complexity index is 1070. The summed E-state index contributed by atoms with van der Waals surface area (Å²) >= 11 is 0. The van der Waals surface area contributed by atoms with E-state index in [1.54, 1.807) is 0 Å². The molecule has 0 unspecified atom stereocenters. The van der Waals surface area contributed by atoms with E-state index >= 15 is 0 Å². The van der Waals surface area contributed by atoms with Crippen LogP contribution < -0.4 is 9.47 Å². The summed E-state index contributed by atoms with van der Waals surface area (Å²) in [6.07, 6.45) is 0. The maximum atomic E-state index is 13.4. The molecular formula is C25H32N4O5. The van der Waals surface area contributed by atoms with Gasteiger partial charge in [-0.1, -0.05) is 0 Å². The van der Waals surface area contributed by atoms with Crippen molar-refractivity contribution in [2.75, 3.05) is 72.2 Å². The van der Waals surface area contributed by atoms with Crippen molar-refractivity contribution < 1.29 is 23.8 Å². The first-order valence-corrected chi connectivity index (χ1v) is 12.0. The van der Waals surface area contributed by atoms with Crippen LogP contribution in [0.3, 0.4) is 0 Å². The number of piperazine rings is 1. The first-order valence-electron chi connectivity index (χ1n) is 12.0. The molecule has 0 spiro atoms. The Morgan fingerprint density at radius 2 is 1.50 bits per heavy atom. The summed E-state index contributed by atoms with van der Waals surface area (Å²) in [6.45, 7) is 10.7. The number of rotatable bonds is 4. The van der Waals surface area contributed by atoms with Crippen molar-refractivity contribution in [2.45, 2.75) is 13.8 Å². The Hall–Kier alpha value is -3.04. The SMILES string of the molecule is Cc1cc(C(=O)N2CCN(C(=O)CN3CCOCC3)CC2)c(C)n1-c1ccc2c(c1)OCCO2. The summed E-state index contributed by atoms with van der Waals surface area (Å²) in [7, 11) is 0. The third kappa shape index (κ3) is 4.50. The Balaban J connectivity index is 1.25. The average Bonchev–Trinajstić information content (AvgIpc) is 3.17. The van der Waals surface area contributed by atoms with Gasteiger partial charge in [-0.15, -0.1) is 0 Å². The van der Waals surface area contributed by atoms with E-state index in [1.165, 1.54) is 0 Å². The molecule has 182 valence electrons. The van der Waals surface area contributed by atoms with E-state index < -0.39 is 0 Å². The number of aryl methyl sites for hydroxylation is 1. The fourth-order valence-electron chi connectivity index (χ4n) is 4.93. The number of nitrogens with zero attached hydrogens (tertiary/aromatic N) is 4. The van der Waals surface area contributed by atoms with Crippen LogP contribution in [-0.4, -0.2) is 103 Å². The number of hydrogen-bond acceptors (Lipinski definition) is 6. The van der Waals surface area contributed by atoms with Gasteiger partial charge in [0.05, 0.1) is 25.3 Å². The summed E-state index contributed by atoms with van der Waals surface area (Å²) in [4.78, 5) is 31.9. The summed E-state index contributed by atoms with van der Waals surface area (Å²) < 4.78 is 18.8. The molecule has 0 aliphatic carbocycles. The van der Waals surface area contributed by atoms with Crippen LogP contribution in [0.1, 0.15) is 21.7 Å². The number of fused-ring (bicyclic) bond motifs is 1. The summed E-state index contributed by atoms with van der Waals surface area (Å²) in [5.41, 5.74) is 3.51. The summed E-state index contributed by atoms with van der Waals surface area (Å²) in [5, 5.41) is 0. The molecule has 0 saturated carbocycles. The minimum atomic E-state index is 0.0113. The molecule has 0 radical (unpaired) electrons. The normalized spacial score (nSPS) is 18.8. The zero-order chi connectivity index (χ0) is 23.7. The average molecular weight is 469 g/mol. The highest BCUT2D eigenvalue weighted by atomic mass is 16.6. The summed E-state index contributed by atoms with van der Waals surface area (Å²) in [6, 6.07) is 7.81. The van der Waals surface area contributed by atoms with Crippen molar-refractivity contribution in [3.8, 4) is 17.2 Å². The maximum Gasteiger partial charge on any atom is 0.255 e. The molecule has 5 rings (SSSR count). The standard InChI is InChI=1S/C25H32N4O5/c1-18-15-21(19(2)29(18)20-3-4-22-23(16-20)34-14-13-33-22)25(31)28-7-5-27(6-8-28)24(30)17-26-9-11-32-12-10-26/h3-4,15-16H,5-14,17H2,1-2H3. The third-order valence-corrected chi connectivity index (χ3v) is 6.83. The van der Waals surface area contributed by atoms with Gasteiger partial charge in [0.25, 0.3) is 5.91 Å². The number of morpholine rings is 1. The first-order chi connectivity index (χ1) is 16.5. The molecule has 2 aromatic rings. The van der Waals surface area contributed by atoms with E-state index in [9.17, 15) is 9.59 Å². The van der Waals surface area contributed by atoms with Gasteiger partial charge >= 0.3 is 0 Å². The predicted molar refractivity (Wildman–Crippen MR) is 126 cm³/mol. The zero-order valence-corrected chi connectivity index (χ0v) is 19.9. The van der Waals surface area contributed by atoms with Crippen LogP contribution in [0.5, 0.6) is 11.5 Å². The molecular weight excluding hydrogens is 436 g/mol. The predicted octanol–water partition coefficient (Wildman–Crippen LogP) is 1.48. The van der Waals surface area contributed by atoms with Crippen LogP contribution in [0.2, 0.25) is 0 Å². The largest absolute Gasteiger partial charge is 0.486 e. The van der Waals surface area contributed by atoms with E-state index in [0.29, 0.717) is 64.7 Å². The van der Waals surface area contributed by atoms with E-state index in [0.717, 1.165) is 41.7 Å². The fourth-order valence-corrected chi connectivity index (χ4v) is 4.93. The van der Waals surface area contributed by atoms with Crippen molar-refractivity contribution in [1.29, 1.82) is 0 Å². The van der Waals surface area contributed by atoms with Crippen LogP contribution in [0, 0.1) is 13.8 Å². The molecule has 3 aliphatic rings. The van der Waals surface area contributed by atoms with Gasteiger partial charge in [-0.05, 0) is 32.0 Å². The molecule has 0 atom stereocenters. The van der Waals surface area contributed by atoms with E-state index in [4.69, 9.17) is 14.2 Å². The van der Waals surface area contributed by atoms with Crippen molar-refractivity contribution in [1.82, 2.24) is 19.3 Å². The van der Waals surface area contributed by atoms with Crippen molar-refractivity contribution in [2.24, 2.45) is 0 Å². The highest BCUT2D eigenvalue weighted by Gasteiger charge is 2.28. The molecule has 2 fully saturated rings. The molecule has 0 N–H and O–H groups in total. The molecule has 1 aromatic heterocycles. The molecule has 34 heavy (non-hydrogen) atoms. The topological polar surface area (TPSA) is 76.5 Å². The van der Waals surface area contributed by atoms with Gasteiger partial charge in [0.2, 0.25) is 5.91 Å². The molecule has 3 aliphatic heterocycles. The smallest absolute Gasteiger partial charge is 0.255 e. The number of carbonyl (C=O) groups is 2. The second-order valence-corrected chi connectivity index (χ2v) is 9.01. The van der Waals surface area contributed by atoms with E-state index in [1.807, 2.05) is 47.9 Å². The third-order valence-electron chi connectivity index (χ3n) is 6.83. The Morgan fingerprint density at radius 3 is 2.24 bits per heavy atom. The molecule has 2 saturated heterocycles. The number of hydrogen-bond donors (Lipinski definition) is 0. The lowest BCUT2D eigenvalue weighted by Crippen LogP contribution is -2.53. The molecule has 4 heterocycles.